The third kappa shape index (κ3) is 4.09. The van der Waals surface area contributed by atoms with Gasteiger partial charge in [0.2, 0.25) is 0 Å². The zero-order valence-electron chi connectivity index (χ0n) is 5.59. The Kier molecular flexibility index (Phi) is 3.83. The van der Waals surface area contributed by atoms with Crippen LogP contribution in [0.3, 0.4) is 0 Å². The molecule has 0 fully saturated rings. The van der Waals surface area contributed by atoms with E-state index in [2.05, 4.69) is 13.8 Å². The molecular weight excluding hydrogens is 104 g/mol. The Morgan fingerprint density at radius 3 is 2.25 bits per heavy atom. The van der Waals surface area contributed by atoms with Gasteiger partial charge in [-0.3, -0.25) is 0 Å². The van der Waals surface area contributed by atoms with Crippen molar-refractivity contribution in [3.05, 3.63) is 0 Å². The van der Waals surface area contributed by atoms with Crippen molar-refractivity contribution in [2.75, 3.05) is 6.61 Å². The average Bonchev–Trinajstić information content (AvgIpc) is 1.65. The summed E-state index contributed by atoms with van der Waals surface area (Å²) in [7, 11) is 0. The normalized spacial score (nSPS) is 14.6. The number of aliphatic hydroxyl groups is 1. The van der Waals surface area contributed by atoms with Crippen molar-refractivity contribution in [3.63, 3.8) is 0 Å². The van der Waals surface area contributed by atoms with Gasteiger partial charge in [-0.05, 0) is 12.3 Å². The van der Waals surface area contributed by atoms with E-state index >= 15 is 0 Å². The highest BCUT2D eigenvalue weighted by Gasteiger charge is 2.01. The molecule has 0 unspecified atom stereocenters. The van der Waals surface area contributed by atoms with Crippen LogP contribution in [0.15, 0.2) is 0 Å². The third-order valence-corrected chi connectivity index (χ3v) is 1.01. The second-order valence-corrected chi connectivity index (χ2v) is 2.57. The van der Waals surface area contributed by atoms with E-state index in [0.717, 1.165) is 6.42 Å². The van der Waals surface area contributed by atoms with Crippen LogP contribution in [0.2, 0.25) is 0 Å². The van der Waals surface area contributed by atoms with Crippen LogP contribution in [0.25, 0.3) is 0 Å². The molecular formula is C6H15NO. The molecule has 0 radical (unpaired) electrons. The fourth-order valence-electron chi connectivity index (χ4n) is 0.680. The van der Waals surface area contributed by atoms with Crippen LogP contribution in [0, 0.1) is 5.92 Å². The Bertz CT molecular complexity index is 54.5. The summed E-state index contributed by atoms with van der Waals surface area (Å²) in [6, 6.07) is -0.0185. The first-order valence-corrected chi connectivity index (χ1v) is 3.03. The highest BCUT2D eigenvalue weighted by atomic mass is 16.3. The summed E-state index contributed by atoms with van der Waals surface area (Å²) in [5, 5.41) is 8.46. The minimum Gasteiger partial charge on any atom is -0.395 e. The van der Waals surface area contributed by atoms with Gasteiger partial charge in [-0.25, -0.2) is 0 Å². The number of rotatable bonds is 3. The maximum absolute atomic E-state index is 8.46. The summed E-state index contributed by atoms with van der Waals surface area (Å²) in [5.74, 6) is 0.595. The first-order chi connectivity index (χ1) is 3.66. The van der Waals surface area contributed by atoms with Crippen molar-refractivity contribution in [1.82, 2.24) is 0 Å². The highest BCUT2D eigenvalue weighted by Crippen LogP contribution is 2.00. The van der Waals surface area contributed by atoms with Crippen molar-refractivity contribution in [2.45, 2.75) is 26.3 Å². The first-order valence-electron chi connectivity index (χ1n) is 3.03. The fourth-order valence-corrected chi connectivity index (χ4v) is 0.680. The molecule has 0 aliphatic heterocycles. The first kappa shape index (κ1) is 7.92. The molecule has 0 bridgehead atoms. The molecule has 0 rings (SSSR count). The van der Waals surface area contributed by atoms with E-state index in [4.69, 9.17) is 10.8 Å². The van der Waals surface area contributed by atoms with E-state index in [0.29, 0.717) is 5.92 Å². The summed E-state index contributed by atoms with van der Waals surface area (Å²) in [6.45, 7) is 4.29. The van der Waals surface area contributed by atoms with Crippen LogP contribution in [0.5, 0.6) is 0 Å². The fraction of sp³-hybridized carbons (Fsp3) is 1.00. The minimum absolute atomic E-state index is 0.0185. The molecule has 0 spiro atoms. The smallest absolute Gasteiger partial charge is 0.0582 e. The summed E-state index contributed by atoms with van der Waals surface area (Å²) >= 11 is 0. The van der Waals surface area contributed by atoms with Crippen molar-refractivity contribution >= 4 is 0 Å². The Balaban J connectivity index is 3.10. The molecule has 50 valence electrons. The molecule has 0 aromatic rings. The molecule has 0 aliphatic carbocycles. The Hall–Kier alpha value is -0.0800. The molecule has 0 saturated carbocycles. The van der Waals surface area contributed by atoms with Gasteiger partial charge < -0.3 is 10.8 Å². The predicted molar refractivity (Wildman–Crippen MR) is 34.5 cm³/mol. The summed E-state index contributed by atoms with van der Waals surface area (Å²) in [4.78, 5) is 0. The number of hydrogen-bond acceptors (Lipinski definition) is 2. The standard InChI is InChI=1S/C6H15NO/c1-5(2)3-6(7)4-8/h5-6,8H,3-4,7H2,1-2H3/t6-/m1/s1/i5+2. The molecule has 0 aromatic carbocycles. The molecule has 8 heavy (non-hydrogen) atoms. The van der Waals surface area contributed by atoms with Gasteiger partial charge in [-0.1, -0.05) is 13.8 Å². The topological polar surface area (TPSA) is 46.2 Å². The van der Waals surface area contributed by atoms with Crippen molar-refractivity contribution in [2.24, 2.45) is 11.7 Å². The van der Waals surface area contributed by atoms with Crippen LogP contribution in [0.4, 0.5) is 0 Å². The Morgan fingerprint density at radius 1 is 1.62 bits per heavy atom. The van der Waals surface area contributed by atoms with E-state index in [1.165, 1.54) is 0 Å². The van der Waals surface area contributed by atoms with Crippen molar-refractivity contribution in [1.29, 1.82) is 0 Å². The largest absolute Gasteiger partial charge is 0.395 e. The predicted octanol–water partition coefficient (Wildman–Crippen LogP) is 0.352. The quantitative estimate of drug-likeness (QED) is 0.563. The molecule has 0 heterocycles. The highest BCUT2D eigenvalue weighted by molar-refractivity contribution is 4.60. The summed E-state index contributed by atoms with van der Waals surface area (Å²) < 4.78 is 0. The zero-order valence-corrected chi connectivity index (χ0v) is 5.59. The zero-order chi connectivity index (χ0) is 6.57. The number of nitrogens with two attached hydrogens (primary N) is 1. The van der Waals surface area contributed by atoms with E-state index in [9.17, 15) is 0 Å². The lowest BCUT2D eigenvalue weighted by atomic mass is 10.3. The average molecular weight is 119 g/mol. The van der Waals surface area contributed by atoms with Gasteiger partial charge in [0.05, 0.1) is 6.61 Å². The summed E-state index contributed by atoms with van der Waals surface area (Å²) in [5.41, 5.74) is 5.42. The van der Waals surface area contributed by atoms with Crippen LogP contribution < -0.4 is 5.73 Å². The molecule has 2 heteroatoms. The Morgan fingerprint density at radius 2 is 2.12 bits per heavy atom. The van der Waals surface area contributed by atoms with E-state index in [1.807, 2.05) is 0 Å². The van der Waals surface area contributed by atoms with Gasteiger partial charge >= 0.3 is 0 Å². The second-order valence-electron chi connectivity index (χ2n) is 2.57. The molecule has 0 saturated heterocycles. The van der Waals surface area contributed by atoms with Crippen molar-refractivity contribution in [3.8, 4) is 0 Å². The van der Waals surface area contributed by atoms with Gasteiger partial charge in [0.1, 0.15) is 0 Å². The van der Waals surface area contributed by atoms with Gasteiger partial charge in [0.25, 0.3) is 0 Å². The number of hydrogen-bond donors (Lipinski definition) is 2. The molecule has 1 atom stereocenters. The lowest BCUT2D eigenvalue weighted by Gasteiger charge is -2.09. The number of aliphatic hydroxyl groups excluding tert-OH is 1. The van der Waals surface area contributed by atoms with Crippen LogP contribution in [0.1, 0.15) is 20.3 Å². The molecule has 2 nitrogen and oxygen atoms in total. The van der Waals surface area contributed by atoms with Crippen LogP contribution in [-0.4, -0.2) is 17.8 Å². The molecule has 3 N–H and O–H groups in total. The molecule has 0 amide bonds. The maximum Gasteiger partial charge on any atom is 0.0582 e. The van der Waals surface area contributed by atoms with E-state index in [-0.39, 0.29) is 12.6 Å². The minimum atomic E-state index is -0.0185. The monoisotopic (exact) mass is 119 g/mol. The molecule has 0 aromatic heterocycles. The van der Waals surface area contributed by atoms with Crippen LogP contribution in [-0.2, 0) is 0 Å². The lowest BCUT2D eigenvalue weighted by molar-refractivity contribution is 0.250. The van der Waals surface area contributed by atoms with Gasteiger partial charge in [0.15, 0.2) is 0 Å². The summed E-state index contributed by atoms with van der Waals surface area (Å²) in [6.07, 6.45) is 0.913. The van der Waals surface area contributed by atoms with E-state index in [1.54, 1.807) is 0 Å². The lowest BCUT2D eigenvalue weighted by Crippen LogP contribution is -2.25. The maximum atomic E-state index is 8.46. The van der Waals surface area contributed by atoms with E-state index < -0.39 is 0 Å². The van der Waals surface area contributed by atoms with Crippen molar-refractivity contribution < 1.29 is 5.11 Å². The molecule has 0 aliphatic rings. The third-order valence-electron chi connectivity index (χ3n) is 1.01. The second kappa shape index (κ2) is 3.87. The Labute approximate surface area is 50.7 Å². The van der Waals surface area contributed by atoms with Gasteiger partial charge in [-0.15, -0.1) is 0 Å². The van der Waals surface area contributed by atoms with Gasteiger partial charge in [-0.2, -0.15) is 0 Å². The van der Waals surface area contributed by atoms with Crippen LogP contribution >= 0.6 is 0 Å². The van der Waals surface area contributed by atoms with Gasteiger partial charge in [0, 0.05) is 6.04 Å². The SMILES string of the molecule is C[14CH](C)C[C@@H](N)CO.